The summed E-state index contributed by atoms with van der Waals surface area (Å²) in [6.45, 7) is 0. The maximum atomic E-state index is 12.9. The molecule has 26 heavy (non-hydrogen) atoms. The van der Waals surface area contributed by atoms with Crippen LogP contribution in [0, 0.1) is 0 Å². The number of nitrogens with one attached hydrogen (secondary N) is 1. The van der Waals surface area contributed by atoms with E-state index < -0.39 is 11.7 Å². The highest BCUT2D eigenvalue weighted by Gasteiger charge is 2.31. The minimum atomic E-state index is -4.45. The van der Waals surface area contributed by atoms with Crippen LogP contribution in [-0.4, -0.2) is 15.0 Å². The third-order valence-corrected chi connectivity index (χ3v) is 5.05. The first-order chi connectivity index (χ1) is 12.4. The molecule has 0 saturated carbocycles. The van der Waals surface area contributed by atoms with Crippen LogP contribution in [0.1, 0.15) is 11.3 Å². The number of alkyl halides is 3. The smallest absolute Gasteiger partial charge is 0.333 e. The Labute approximate surface area is 155 Å². The third-order valence-electron chi connectivity index (χ3n) is 3.86. The molecule has 0 amide bonds. The lowest BCUT2D eigenvalue weighted by Gasteiger charge is -2.06. The van der Waals surface area contributed by atoms with Crippen molar-refractivity contribution in [1.82, 2.24) is 15.0 Å². The first-order valence-electron chi connectivity index (χ1n) is 7.64. The van der Waals surface area contributed by atoms with Crippen LogP contribution in [-0.2, 0) is 11.9 Å². The van der Waals surface area contributed by atoms with E-state index in [0.717, 1.165) is 28.7 Å². The molecule has 4 aromatic rings. The second-order valence-electron chi connectivity index (χ2n) is 5.68. The van der Waals surface area contributed by atoms with E-state index in [1.54, 1.807) is 0 Å². The number of benzene rings is 2. The van der Waals surface area contributed by atoms with Crippen LogP contribution < -0.4 is 0 Å². The monoisotopic (exact) mass is 393 g/mol. The zero-order valence-corrected chi connectivity index (χ0v) is 14.7. The van der Waals surface area contributed by atoms with Crippen LogP contribution in [0.25, 0.3) is 21.9 Å². The number of halogens is 4. The third kappa shape index (κ3) is 3.37. The predicted octanol–water partition coefficient (Wildman–Crippen LogP) is 6.08. The molecule has 0 aliphatic carbocycles. The van der Waals surface area contributed by atoms with Crippen molar-refractivity contribution in [3.63, 3.8) is 0 Å². The molecule has 2 heterocycles. The fourth-order valence-electron chi connectivity index (χ4n) is 2.62. The number of H-pyrrole nitrogens is 1. The predicted molar refractivity (Wildman–Crippen MR) is 97.4 cm³/mol. The Morgan fingerprint density at radius 3 is 2.65 bits per heavy atom. The Hall–Kier alpha value is -2.25. The van der Waals surface area contributed by atoms with Gasteiger partial charge in [-0.25, -0.2) is 4.98 Å². The van der Waals surface area contributed by atoms with Crippen LogP contribution in [0.3, 0.4) is 0 Å². The van der Waals surface area contributed by atoms with Gasteiger partial charge < -0.3 is 4.98 Å². The second kappa shape index (κ2) is 6.48. The van der Waals surface area contributed by atoms with Crippen LogP contribution in [0.5, 0.6) is 0 Å². The number of nitrogens with zero attached hydrogens (tertiary/aromatic N) is 2. The van der Waals surface area contributed by atoms with Crippen molar-refractivity contribution in [3.05, 3.63) is 64.8 Å². The van der Waals surface area contributed by atoms with Gasteiger partial charge in [-0.2, -0.15) is 13.2 Å². The van der Waals surface area contributed by atoms with Gasteiger partial charge in [0.15, 0.2) is 5.16 Å². The SMILES string of the molecule is FC(F)(F)c1cc(Cl)c2nc(SCc3ccc4ccccc4n3)[nH]c2c1. The lowest BCUT2D eigenvalue weighted by atomic mass is 10.2. The number of thioether (sulfide) groups is 1. The molecule has 0 aliphatic heterocycles. The van der Waals surface area contributed by atoms with Gasteiger partial charge in [-0.3, -0.25) is 4.98 Å². The fourth-order valence-corrected chi connectivity index (χ4v) is 3.66. The van der Waals surface area contributed by atoms with E-state index in [9.17, 15) is 13.2 Å². The van der Waals surface area contributed by atoms with Crippen molar-refractivity contribution < 1.29 is 13.2 Å². The largest absolute Gasteiger partial charge is 0.416 e. The number of pyridine rings is 1. The lowest BCUT2D eigenvalue weighted by molar-refractivity contribution is -0.137. The summed E-state index contributed by atoms with van der Waals surface area (Å²) in [6.07, 6.45) is -4.45. The van der Waals surface area contributed by atoms with E-state index in [-0.39, 0.29) is 10.5 Å². The van der Waals surface area contributed by atoms with Crippen molar-refractivity contribution >= 4 is 45.3 Å². The van der Waals surface area contributed by atoms with Crippen LogP contribution in [0.2, 0.25) is 5.02 Å². The van der Waals surface area contributed by atoms with Gasteiger partial charge in [-0.1, -0.05) is 47.6 Å². The van der Waals surface area contributed by atoms with E-state index in [1.807, 2.05) is 36.4 Å². The number of hydrogen-bond donors (Lipinski definition) is 1. The molecule has 2 aromatic carbocycles. The first kappa shape index (κ1) is 17.2. The topological polar surface area (TPSA) is 41.6 Å². The summed E-state index contributed by atoms with van der Waals surface area (Å²) in [5.41, 5.74) is 1.54. The molecule has 2 aromatic heterocycles. The molecule has 8 heteroatoms. The molecule has 132 valence electrons. The van der Waals surface area contributed by atoms with Crippen LogP contribution in [0.15, 0.2) is 53.7 Å². The number of para-hydroxylation sites is 1. The molecule has 0 radical (unpaired) electrons. The maximum absolute atomic E-state index is 12.9. The van der Waals surface area contributed by atoms with Gasteiger partial charge in [0.05, 0.1) is 27.3 Å². The minimum Gasteiger partial charge on any atom is -0.333 e. The number of imidazole rings is 1. The van der Waals surface area contributed by atoms with Gasteiger partial charge >= 0.3 is 6.18 Å². The molecule has 0 unspecified atom stereocenters. The van der Waals surface area contributed by atoms with Crippen molar-refractivity contribution in [1.29, 1.82) is 0 Å². The number of aromatic nitrogens is 3. The van der Waals surface area contributed by atoms with Gasteiger partial charge in [-0.15, -0.1) is 0 Å². The fraction of sp³-hybridized carbons (Fsp3) is 0.111. The Kier molecular flexibility index (Phi) is 4.28. The molecule has 3 nitrogen and oxygen atoms in total. The summed E-state index contributed by atoms with van der Waals surface area (Å²) in [5, 5.41) is 1.52. The number of aromatic amines is 1. The van der Waals surface area contributed by atoms with E-state index in [4.69, 9.17) is 11.6 Å². The number of fused-ring (bicyclic) bond motifs is 2. The summed E-state index contributed by atoms with van der Waals surface area (Å²) in [6, 6.07) is 13.6. The summed E-state index contributed by atoms with van der Waals surface area (Å²) in [5.74, 6) is 0.536. The zero-order chi connectivity index (χ0) is 18.3. The second-order valence-corrected chi connectivity index (χ2v) is 7.05. The number of hydrogen-bond acceptors (Lipinski definition) is 3. The molecule has 0 aliphatic rings. The zero-order valence-electron chi connectivity index (χ0n) is 13.1. The summed E-state index contributed by atoms with van der Waals surface area (Å²) in [4.78, 5) is 11.8. The lowest BCUT2D eigenvalue weighted by Crippen LogP contribution is -2.04. The average molecular weight is 394 g/mol. The molecule has 0 bridgehead atoms. The van der Waals surface area contributed by atoms with Gasteiger partial charge in [0.25, 0.3) is 0 Å². The molecule has 0 saturated heterocycles. The van der Waals surface area contributed by atoms with Crippen LogP contribution >= 0.6 is 23.4 Å². The van der Waals surface area contributed by atoms with Gasteiger partial charge in [0.1, 0.15) is 5.52 Å². The molecule has 0 spiro atoms. The Balaban J connectivity index is 1.59. The average Bonchev–Trinajstić information content (AvgIpc) is 3.03. The highest BCUT2D eigenvalue weighted by molar-refractivity contribution is 7.98. The molecular weight excluding hydrogens is 383 g/mol. The number of rotatable bonds is 3. The van der Waals surface area contributed by atoms with Crippen molar-refractivity contribution in [2.45, 2.75) is 17.1 Å². The highest BCUT2D eigenvalue weighted by Crippen LogP contribution is 2.35. The van der Waals surface area contributed by atoms with Crippen molar-refractivity contribution in [2.75, 3.05) is 0 Å². The van der Waals surface area contributed by atoms with E-state index in [1.165, 1.54) is 11.8 Å². The van der Waals surface area contributed by atoms with Crippen molar-refractivity contribution in [2.24, 2.45) is 0 Å². The Bertz CT molecular complexity index is 1110. The summed E-state index contributed by atoms with van der Waals surface area (Å²) in [7, 11) is 0. The summed E-state index contributed by atoms with van der Waals surface area (Å²) >= 11 is 7.32. The van der Waals surface area contributed by atoms with Crippen molar-refractivity contribution in [3.8, 4) is 0 Å². The normalized spacial score (nSPS) is 12.2. The standard InChI is InChI=1S/C18H11ClF3N3S/c19-13-7-11(18(20,21)22)8-15-16(13)25-17(24-15)26-9-12-6-5-10-3-1-2-4-14(10)23-12/h1-8H,9H2,(H,24,25). The molecule has 0 atom stereocenters. The quantitative estimate of drug-likeness (QED) is 0.429. The van der Waals surface area contributed by atoms with E-state index in [0.29, 0.717) is 16.4 Å². The van der Waals surface area contributed by atoms with Crippen LogP contribution in [0.4, 0.5) is 13.2 Å². The molecule has 4 rings (SSSR count). The van der Waals surface area contributed by atoms with Gasteiger partial charge in [0, 0.05) is 11.1 Å². The minimum absolute atomic E-state index is 0.0262. The Morgan fingerprint density at radius 1 is 1.04 bits per heavy atom. The molecular formula is C18H11ClF3N3S. The van der Waals surface area contributed by atoms with Gasteiger partial charge in [-0.05, 0) is 24.3 Å². The first-order valence-corrected chi connectivity index (χ1v) is 9.00. The van der Waals surface area contributed by atoms with Gasteiger partial charge in [0.2, 0.25) is 0 Å². The van der Waals surface area contributed by atoms with E-state index >= 15 is 0 Å². The highest BCUT2D eigenvalue weighted by atomic mass is 35.5. The molecule has 1 N–H and O–H groups in total. The Morgan fingerprint density at radius 2 is 1.85 bits per heavy atom. The molecule has 0 fully saturated rings. The maximum Gasteiger partial charge on any atom is 0.416 e. The summed E-state index contributed by atoms with van der Waals surface area (Å²) < 4.78 is 38.7. The van der Waals surface area contributed by atoms with E-state index in [2.05, 4.69) is 15.0 Å².